The van der Waals surface area contributed by atoms with E-state index in [4.69, 9.17) is 0 Å². The van der Waals surface area contributed by atoms with E-state index in [1.54, 1.807) is 11.3 Å². The van der Waals surface area contributed by atoms with Crippen molar-refractivity contribution in [2.45, 2.75) is 12.5 Å². The zero-order valence-electron chi connectivity index (χ0n) is 8.84. The number of nitrogens with zero attached hydrogens (tertiary/aromatic N) is 3. The molecule has 0 radical (unpaired) electrons. The normalized spacial score (nSPS) is 12.9. The molecule has 0 spiro atoms. The second-order valence-electron chi connectivity index (χ2n) is 3.40. The van der Waals surface area contributed by atoms with Gasteiger partial charge in [0, 0.05) is 43.0 Å². The lowest BCUT2D eigenvalue weighted by molar-refractivity contribution is 0.571. The third-order valence-corrected chi connectivity index (χ3v) is 3.34. The molecule has 5 heteroatoms. The smallest absolute Gasteiger partial charge is 0.110 e. The summed E-state index contributed by atoms with van der Waals surface area (Å²) in [5.41, 5.74) is 1.86. The number of rotatable bonds is 4. The van der Waals surface area contributed by atoms with Crippen molar-refractivity contribution >= 4 is 11.3 Å². The monoisotopic (exact) mass is 222 g/mol. The first-order valence-corrected chi connectivity index (χ1v) is 5.71. The van der Waals surface area contributed by atoms with E-state index in [-0.39, 0.29) is 0 Å². The zero-order valence-corrected chi connectivity index (χ0v) is 9.66. The van der Waals surface area contributed by atoms with Gasteiger partial charge in [-0.3, -0.25) is 4.98 Å². The van der Waals surface area contributed by atoms with Crippen molar-refractivity contribution < 1.29 is 0 Å². The second kappa shape index (κ2) is 4.55. The highest BCUT2D eigenvalue weighted by Gasteiger charge is 2.13. The first-order valence-electron chi connectivity index (χ1n) is 4.83. The van der Waals surface area contributed by atoms with Crippen LogP contribution < -0.4 is 5.32 Å². The Balaban J connectivity index is 2.13. The Morgan fingerprint density at radius 1 is 1.60 bits per heavy atom. The fraction of sp³-hybridized carbons (Fsp3) is 0.400. The molecule has 0 aromatic carbocycles. The number of hydrogen-bond acceptors (Lipinski definition) is 4. The maximum absolute atomic E-state index is 4.32. The van der Waals surface area contributed by atoms with Crippen molar-refractivity contribution in [2.24, 2.45) is 7.05 Å². The maximum atomic E-state index is 4.32. The number of likely N-dealkylation sites (N-methyl/N-ethyl adjacent to an activating group) is 1. The largest absolute Gasteiger partial charge is 0.338 e. The van der Waals surface area contributed by atoms with Gasteiger partial charge in [0.25, 0.3) is 0 Å². The van der Waals surface area contributed by atoms with Crippen molar-refractivity contribution in [2.75, 3.05) is 7.05 Å². The summed E-state index contributed by atoms with van der Waals surface area (Å²) in [5, 5.41) is 3.29. The van der Waals surface area contributed by atoms with Crippen LogP contribution >= 0.6 is 11.3 Å². The number of nitrogens with one attached hydrogen (secondary N) is 1. The number of aryl methyl sites for hydroxylation is 1. The number of imidazole rings is 1. The molecule has 0 fully saturated rings. The van der Waals surface area contributed by atoms with E-state index in [0.717, 1.165) is 12.2 Å². The van der Waals surface area contributed by atoms with Gasteiger partial charge in [-0.15, -0.1) is 11.3 Å². The topological polar surface area (TPSA) is 42.7 Å². The summed E-state index contributed by atoms with van der Waals surface area (Å²) in [4.78, 5) is 9.67. The first-order chi connectivity index (χ1) is 7.31. The van der Waals surface area contributed by atoms with Crippen LogP contribution in [0.15, 0.2) is 24.1 Å². The Hall–Kier alpha value is -1.20. The van der Waals surface area contributed by atoms with E-state index in [1.165, 1.54) is 4.88 Å². The van der Waals surface area contributed by atoms with Crippen LogP contribution in [0, 0.1) is 0 Å². The van der Waals surface area contributed by atoms with Gasteiger partial charge in [-0.2, -0.15) is 0 Å². The molecule has 1 N–H and O–H groups in total. The molecular formula is C10H14N4S. The molecule has 2 heterocycles. The van der Waals surface area contributed by atoms with E-state index < -0.39 is 0 Å². The van der Waals surface area contributed by atoms with Gasteiger partial charge in [-0.05, 0) is 7.05 Å². The van der Waals surface area contributed by atoms with Crippen LogP contribution in [0.3, 0.4) is 0 Å². The minimum absolute atomic E-state index is 0.304. The van der Waals surface area contributed by atoms with Gasteiger partial charge in [-0.1, -0.05) is 0 Å². The molecule has 2 aromatic rings. The van der Waals surface area contributed by atoms with Crippen molar-refractivity contribution in [1.82, 2.24) is 19.9 Å². The molecule has 4 nitrogen and oxygen atoms in total. The molecule has 0 aliphatic rings. The Morgan fingerprint density at radius 2 is 2.47 bits per heavy atom. The minimum atomic E-state index is 0.304. The fourth-order valence-corrected chi connectivity index (χ4v) is 2.25. The number of thiazole rings is 1. The van der Waals surface area contributed by atoms with Gasteiger partial charge < -0.3 is 9.88 Å². The van der Waals surface area contributed by atoms with E-state index in [2.05, 4.69) is 15.3 Å². The Kier molecular flexibility index (Phi) is 3.13. The zero-order chi connectivity index (χ0) is 10.7. The van der Waals surface area contributed by atoms with Crippen molar-refractivity contribution in [3.63, 3.8) is 0 Å². The Labute approximate surface area is 93.0 Å². The summed E-state index contributed by atoms with van der Waals surface area (Å²) in [6, 6.07) is 0.304. The SMILES string of the molecule is CNC(Cc1nccn1C)c1cncs1. The van der Waals surface area contributed by atoms with Crippen LogP contribution in [0.1, 0.15) is 16.7 Å². The molecule has 0 saturated carbocycles. The minimum Gasteiger partial charge on any atom is -0.338 e. The highest BCUT2D eigenvalue weighted by atomic mass is 32.1. The summed E-state index contributed by atoms with van der Waals surface area (Å²) in [6.45, 7) is 0. The fourth-order valence-electron chi connectivity index (χ4n) is 1.52. The number of hydrogen-bond donors (Lipinski definition) is 1. The molecule has 2 aromatic heterocycles. The molecule has 0 aliphatic heterocycles. The van der Waals surface area contributed by atoms with Gasteiger partial charge in [0.1, 0.15) is 5.82 Å². The summed E-state index contributed by atoms with van der Waals surface area (Å²) in [5.74, 6) is 1.09. The molecule has 0 aliphatic carbocycles. The average Bonchev–Trinajstić information content (AvgIpc) is 2.86. The maximum Gasteiger partial charge on any atom is 0.110 e. The van der Waals surface area contributed by atoms with E-state index >= 15 is 0 Å². The van der Waals surface area contributed by atoms with Crippen LogP contribution in [-0.2, 0) is 13.5 Å². The van der Waals surface area contributed by atoms with Gasteiger partial charge in [0.05, 0.1) is 5.51 Å². The summed E-state index contributed by atoms with van der Waals surface area (Å²) in [6.07, 6.45) is 6.60. The molecule has 15 heavy (non-hydrogen) atoms. The summed E-state index contributed by atoms with van der Waals surface area (Å²) in [7, 11) is 3.98. The van der Waals surface area contributed by atoms with Crippen molar-refractivity contribution in [1.29, 1.82) is 0 Å². The Bertz CT molecular complexity index is 407. The van der Waals surface area contributed by atoms with Gasteiger partial charge in [-0.25, -0.2) is 4.98 Å². The molecule has 1 unspecified atom stereocenters. The highest BCUT2D eigenvalue weighted by molar-refractivity contribution is 7.09. The standard InChI is InChI=1S/C10H14N4S/c1-11-8(9-6-12-7-15-9)5-10-13-3-4-14(10)2/h3-4,6-8,11H,5H2,1-2H3. The molecule has 1 atom stereocenters. The molecule has 0 saturated heterocycles. The van der Waals surface area contributed by atoms with Crippen LogP contribution in [0.25, 0.3) is 0 Å². The molecule has 0 amide bonds. The van der Waals surface area contributed by atoms with Gasteiger partial charge in [0.2, 0.25) is 0 Å². The lowest BCUT2D eigenvalue weighted by atomic mass is 10.2. The van der Waals surface area contributed by atoms with E-state index in [0.29, 0.717) is 6.04 Å². The second-order valence-corrected chi connectivity index (χ2v) is 4.32. The van der Waals surface area contributed by atoms with E-state index in [1.807, 2.05) is 42.8 Å². The molecule has 80 valence electrons. The third-order valence-electron chi connectivity index (χ3n) is 2.45. The average molecular weight is 222 g/mol. The van der Waals surface area contributed by atoms with Crippen LogP contribution in [0.4, 0.5) is 0 Å². The summed E-state index contributed by atoms with van der Waals surface area (Å²) >= 11 is 1.67. The van der Waals surface area contributed by atoms with Crippen LogP contribution in [-0.4, -0.2) is 21.6 Å². The van der Waals surface area contributed by atoms with Gasteiger partial charge >= 0.3 is 0 Å². The van der Waals surface area contributed by atoms with E-state index in [9.17, 15) is 0 Å². The lowest BCUT2D eigenvalue weighted by Gasteiger charge is -2.13. The molecule has 0 bridgehead atoms. The quantitative estimate of drug-likeness (QED) is 0.850. The first kappa shape index (κ1) is 10.3. The Morgan fingerprint density at radius 3 is 3.00 bits per heavy atom. The predicted octanol–water partition coefficient (Wildman–Crippen LogP) is 1.38. The van der Waals surface area contributed by atoms with Crippen LogP contribution in [0.5, 0.6) is 0 Å². The van der Waals surface area contributed by atoms with Crippen LogP contribution in [0.2, 0.25) is 0 Å². The van der Waals surface area contributed by atoms with Crippen molar-refractivity contribution in [3.05, 3.63) is 34.8 Å². The molecule has 2 rings (SSSR count). The van der Waals surface area contributed by atoms with Gasteiger partial charge in [0.15, 0.2) is 0 Å². The number of aromatic nitrogens is 3. The third kappa shape index (κ3) is 2.24. The van der Waals surface area contributed by atoms with Crippen molar-refractivity contribution in [3.8, 4) is 0 Å². The predicted molar refractivity (Wildman–Crippen MR) is 60.8 cm³/mol. The summed E-state index contributed by atoms with van der Waals surface area (Å²) < 4.78 is 2.05. The lowest BCUT2D eigenvalue weighted by Crippen LogP contribution is -2.19. The highest BCUT2D eigenvalue weighted by Crippen LogP contribution is 2.20. The molecular weight excluding hydrogens is 208 g/mol.